The fraction of sp³-hybridized carbons (Fsp3) is 0. The highest BCUT2D eigenvalue weighted by atomic mass is 32.1. The Morgan fingerprint density at radius 3 is 1.61 bits per heavy atom. The van der Waals surface area contributed by atoms with Gasteiger partial charge in [-0.05, 0) is 77.5 Å². The average Bonchev–Trinajstić information content (AvgIpc) is 3.42. The number of hydrogen-bond acceptors (Lipinski definition) is 1. The SMILES string of the molecule is c1ccc2c(-c3c4ccccc4c(-c4ccc5c(c4)sc4ccc6ccccc6c45)c4ccccc34)cccc2c1. The van der Waals surface area contributed by atoms with Crippen molar-refractivity contribution in [3.63, 3.8) is 0 Å². The fourth-order valence-corrected chi connectivity index (χ4v) is 8.04. The maximum Gasteiger partial charge on any atom is 0.0361 e. The lowest BCUT2D eigenvalue weighted by Gasteiger charge is -2.18. The van der Waals surface area contributed by atoms with E-state index in [1.54, 1.807) is 0 Å². The molecule has 0 atom stereocenters. The maximum absolute atomic E-state index is 2.42. The first-order chi connectivity index (χ1) is 20.3. The molecule has 0 unspecified atom stereocenters. The van der Waals surface area contributed by atoms with Crippen molar-refractivity contribution in [2.45, 2.75) is 0 Å². The summed E-state index contributed by atoms with van der Waals surface area (Å²) < 4.78 is 2.68. The Morgan fingerprint density at radius 2 is 0.902 bits per heavy atom. The van der Waals surface area contributed by atoms with Gasteiger partial charge in [0, 0.05) is 20.2 Å². The first-order valence-corrected chi connectivity index (χ1v) is 14.9. The molecule has 0 aliphatic rings. The second-order valence-electron chi connectivity index (χ2n) is 10.8. The number of hydrogen-bond donors (Lipinski definition) is 0. The largest absolute Gasteiger partial charge is 0.135 e. The summed E-state index contributed by atoms with van der Waals surface area (Å²) >= 11 is 1.90. The fourth-order valence-electron chi connectivity index (χ4n) is 6.87. The lowest BCUT2D eigenvalue weighted by atomic mass is 9.84. The third-order valence-corrected chi connectivity index (χ3v) is 9.76. The van der Waals surface area contributed by atoms with Crippen molar-refractivity contribution in [2.75, 3.05) is 0 Å². The molecule has 1 heteroatoms. The van der Waals surface area contributed by atoms with E-state index in [2.05, 4.69) is 146 Å². The predicted molar refractivity (Wildman–Crippen MR) is 180 cm³/mol. The standard InChI is InChI=1S/C40H24S/c1-3-13-28-25(10-1)12-9-19-30(28)39-33-17-7-5-15-31(33)38(32-16-6-8-18-34(32)39)27-20-22-35-37(24-27)41-36-23-21-26-11-2-4-14-29(26)40(35)36/h1-24H. The molecule has 0 radical (unpaired) electrons. The Balaban J connectivity index is 1.38. The molecular formula is C40H24S. The summed E-state index contributed by atoms with van der Waals surface area (Å²) in [6, 6.07) is 53.7. The molecule has 9 rings (SSSR count). The van der Waals surface area contributed by atoms with E-state index >= 15 is 0 Å². The molecule has 0 bridgehead atoms. The molecule has 1 aromatic heterocycles. The summed E-state index contributed by atoms with van der Waals surface area (Å²) in [4.78, 5) is 0. The molecule has 0 amide bonds. The van der Waals surface area contributed by atoms with Gasteiger partial charge in [-0.1, -0.05) is 133 Å². The van der Waals surface area contributed by atoms with Crippen LogP contribution in [0.4, 0.5) is 0 Å². The van der Waals surface area contributed by atoms with Crippen molar-refractivity contribution in [3.8, 4) is 22.3 Å². The van der Waals surface area contributed by atoms with E-state index in [0.717, 1.165) is 0 Å². The van der Waals surface area contributed by atoms with Crippen molar-refractivity contribution < 1.29 is 0 Å². The van der Waals surface area contributed by atoms with Crippen LogP contribution in [0.3, 0.4) is 0 Å². The molecule has 0 nitrogen and oxygen atoms in total. The molecular weight excluding hydrogens is 513 g/mol. The normalized spacial score (nSPS) is 11.9. The Kier molecular flexibility index (Phi) is 4.87. The van der Waals surface area contributed by atoms with Gasteiger partial charge in [0.25, 0.3) is 0 Å². The van der Waals surface area contributed by atoms with Crippen LogP contribution in [-0.4, -0.2) is 0 Å². The third kappa shape index (κ3) is 3.33. The zero-order valence-electron chi connectivity index (χ0n) is 22.3. The molecule has 0 spiro atoms. The van der Waals surface area contributed by atoms with Crippen molar-refractivity contribution in [1.82, 2.24) is 0 Å². The molecule has 9 aromatic rings. The molecule has 0 aliphatic carbocycles. The lowest BCUT2D eigenvalue weighted by Crippen LogP contribution is -1.91. The molecule has 0 aliphatic heterocycles. The summed E-state index contributed by atoms with van der Waals surface area (Å²) in [5.74, 6) is 0. The van der Waals surface area contributed by atoms with Crippen LogP contribution in [0.5, 0.6) is 0 Å². The van der Waals surface area contributed by atoms with Crippen LogP contribution in [0.1, 0.15) is 0 Å². The first kappa shape index (κ1) is 22.8. The molecule has 41 heavy (non-hydrogen) atoms. The van der Waals surface area contributed by atoms with E-state index in [0.29, 0.717) is 0 Å². The molecule has 8 aromatic carbocycles. The van der Waals surface area contributed by atoms with Crippen molar-refractivity contribution >= 4 is 74.6 Å². The molecule has 0 saturated carbocycles. The Bertz CT molecular complexity index is 2410. The molecule has 0 N–H and O–H groups in total. The van der Waals surface area contributed by atoms with E-state index in [1.807, 2.05) is 11.3 Å². The van der Waals surface area contributed by atoms with Crippen LogP contribution in [0, 0.1) is 0 Å². The topological polar surface area (TPSA) is 0 Å². The number of benzene rings is 8. The highest BCUT2D eigenvalue weighted by Gasteiger charge is 2.18. The van der Waals surface area contributed by atoms with E-state index in [-0.39, 0.29) is 0 Å². The van der Waals surface area contributed by atoms with E-state index in [1.165, 1.54) is 85.5 Å². The number of thiophene rings is 1. The minimum Gasteiger partial charge on any atom is -0.135 e. The summed E-state index contributed by atoms with van der Waals surface area (Å²) in [6.07, 6.45) is 0. The highest BCUT2D eigenvalue weighted by Crippen LogP contribution is 2.47. The van der Waals surface area contributed by atoms with E-state index in [9.17, 15) is 0 Å². The Labute approximate surface area is 241 Å². The van der Waals surface area contributed by atoms with Gasteiger partial charge in [-0.3, -0.25) is 0 Å². The van der Waals surface area contributed by atoms with Gasteiger partial charge in [-0.15, -0.1) is 11.3 Å². The zero-order valence-corrected chi connectivity index (χ0v) is 23.1. The Morgan fingerprint density at radius 1 is 0.341 bits per heavy atom. The Hall–Kier alpha value is -4.98. The summed E-state index contributed by atoms with van der Waals surface area (Å²) in [5.41, 5.74) is 5.18. The van der Waals surface area contributed by atoms with Crippen LogP contribution in [0.15, 0.2) is 146 Å². The summed E-state index contributed by atoms with van der Waals surface area (Å²) in [6.45, 7) is 0. The second kappa shape index (κ2) is 8.76. The van der Waals surface area contributed by atoms with Gasteiger partial charge in [0.1, 0.15) is 0 Å². The molecule has 0 saturated heterocycles. The third-order valence-electron chi connectivity index (χ3n) is 8.64. The van der Waals surface area contributed by atoms with Gasteiger partial charge < -0.3 is 0 Å². The summed E-state index contributed by atoms with van der Waals surface area (Å²) in [5, 5.41) is 13.1. The van der Waals surface area contributed by atoms with Gasteiger partial charge in [-0.2, -0.15) is 0 Å². The smallest absolute Gasteiger partial charge is 0.0361 e. The maximum atomic E-state index is 2.42. The highest BCUT2D eigenvalue weighted by molar-refractivity contribution is 7.26. The van der Waals surface area contributed by atoms with E-state index < -0.39 is 0 Å². The zero-order chi connectivity index (χ0) is 26.9. The number of fused-ring (bicyclic) bond motifs is 8. The molecule has 1 heterocycles. The monoisotopic (exact) mass is 536 g/mol. The van der Waals surface area contributed by atoms with Crippen LogP contribution in [0.25, 0.3) is 85.5 Å². The minimum atomic E-state index is 1.27. The van der Waals surface area contributed by atoms with Crippen LogP contribution in [-0.2, 0) is 0 Å². The lowest BCUT2D eigenvalue weighted by molar-refractivity contribution is 1.69. The minimum absolute atomic E-state index is 1.27. The second-order valence-corrected chi connectivity index (χ2v) is 11.9. The first-order valence-electron chi connectivity index (χ1n) is 14.1. The van der Waals surface area contributed by atoms with E-state index in [4.69, 9.17) is 0 Å². The predicted octanol–water partition coefficient (Wildman–Crippen LogP) is 12.0. The van der Waals surface area contributed by atoms with Gasteiger partial charge in [-0.25, -0.2) is 0 Å². The number of rotatable bonds is 2. The van der Waals surface area contributed by atoms with Gasteiger partial charge in [0.15, 0.2) is 0 Å². The van der Waals surface area contributed by atoms with Crippen molar-refractivity contribution in [3.05, 3.63) is 146 Å². The quantitative estimate of drug-likeness (QED) is 0.193. The van der Waals surface area contributed by atoms with Gasteiger partial charge in [0.2, 0.25) is 0 Å². The summed E-state index contributed by atoms with van der Waals surface area (Å²) in [7, 11) is 0. The van der Waals surface area contributed by atoms with Crippen molar-refractivity contribution in [1.29, 1.82) is 0 Å². The van der Waals surface area contributed by atoms with Gasteiger partial charge in [0.05, 0.1) is 0 Å². The van der Waals surface area contributed by atoms with Crippen LogP contribution < -0.4 is 0 Å². The van der Waals surface area contributed by atoms with Crippen molar-refractivity contribution in [2.24, 2.45) is 0 Å². The molecule has 0 fully saturated rings. The molecule has 190 valence electrons. The average molecular weight is 537 g/mol. The van der Waals surface area contributed by atoms with Gasteiger partial charge >= 0.3 is 0 Å². The van der Waals surface area contributed by atoms with Crippen LogP contribution in [0.2, 0.25) is 0 Å². The van der Waals surface area contributed by atoms with Crippen LogP contribution >= 0.6 is 11.3 Å².